The van der Waals surface area contributed by atoms with E-state index in [-0.39, 0.29) is 5.82 Å². The SMILES string of the molecule is CCc1cc(F)cc(OCC2CCCN2C)c1. The fraction of sp³-hybridized carbons (Fsp3) is 0.571. The van der Waals surface area contributed by atoms with Gasteiger partial charge in [0.05, 0.1) is 0 Å². The maximum atomic E-state index is 13.3. The maximum absolute atomic E-state index is 13.3. The lowest BCUT2D eigenvalue weighted by Gasteiger charge is -2.19. The average Bonchev–Trinajstić information content (AvgIpc) is 2.71. The number of nitrogens with zero attached hydrogens (tertiary/aromatic N) is 1. The molecule has 2 nitrogen and oxygen atoms in total. The number of hydrogen-bond acceptors (Lipinski definition) is 2. The van der Waals surface area contributed by atoms with Gasteiger partial charge in [-0.2, -0.15) is 0 Å². The molecule has 2 rings (SSSR count). The van der Waals surface area contributed by atoms with Crippen molar-refractivity contribution in [3.63, 3.8) is 0 Å². The molecule has 3 heteroatoms. The minimum atomic E-state index is -0.209. The molecule has 0 aromatic heterocycles. The van der Waals surface area contributed by atoms with Crippen molar-refractivity contribution >= 4 is 0 Å². The first-order valence-corrected chi connectivity index (χ1v) is 6.31. The van der Waals surface area contributed by atoms with Gasteiger partial charge in [-0.15, -0.1) is 0 Å². The van der Waals surface area contributed by atoms with Gasteiger partial charge in [0.25, 0.3) is 0 Å². The van der Waals surface area contributed by atoms with Gasteiger partial charge in [-0.25, -0.2) is 4.39 Å². The minimum Gasteiger partial charge on any atom is -0.492 e. The van der Waals surface area contributed by atoms with Gasteiger partial charge in [-0.1, -0.05) is 6.92 Å². The van der Waals surface area contributed by atoms with Gasteiger partial charge in [0, 0.05) is 12.1 Å². The first-order valence-electron chi connectivity index (χ1n) is 6.31. The van der Waals surface area contributed by atoms with Crippen molar-refractivity contribution in [2.75, 3.05) is 20.2 Å². The highest BCUT2D eigenvalue weighted by Crippen LogP contribution is 2.20. The third-order valence-corrected chi connectivity index (χ3v) is 3.45. The summed E-state index contributed by atoms with van der Waals surface area (Å²) < 4.78 is 19.0. The molecule has 1 saturated heterocycles. The number of ether oxygens (including phenoxy) is 1. The van der Waals surface area contributed by atoms with Crippen LogP contribution in [-0.4, -0.2) is 31.1 Å². The molecule has 0 amide bonds. The van der Waals surface area contributed by atoms with Crippen molar-refractivity contribution in [2.24, 2.45) is 0 Å². The fourth-order valence-electron chi connectivity index (χ4n) is 2.29. The fourth-order valence-corrected chi connectivity index (χ4v) is 2.29. The number of likely N-dealkylation sites (tertiary alicyclic amines) is 1. The molecule has 1 aliphatic rings. The van der Waals surface area contributed by atoms with E-state index >= 15 is 0 Å². The van der Waals surface area contributed by atoms with Crippen molar-refractivity contribution in [3.8, 4) is 5.75 Å². The van der Waals surface area contributed by atoms with E-state index < -0.39 is 0 Å². The molecule has 0 spiro atoms. The van der Waals surface area contributed by atoms with Crippen molar-refractivity contribution in [1.29, 1.82) is 0 Å². The number of hydrogen-bond donors (Lipinski definition) is 0. The quantitative estimate of drug-likeness (QED) is 0.798. The maximum Gasteiger partial charge on any atom is 0.127 e. The zero-order valence-electron chi connectivity index (χ0n) is 10.6. The molecular weight excluding hydrogens is 217 g/mol. The van der Waals surface area contributed by atoms with Gasteiger partial charge >= 0.3 is 0 Å². The zero-order chi connectivity index (χ0) is 12.3. The highest BCUT2D eigenvalue weighted by molar-refractivity contribution is 5.29. The van der Waals surface area contributed by atoms with Crippen LogP contribution in [0.5, 0.6) is 5.75 Å². The molecular formula is C14H20FNO. The minimum absolute atomic E-state index is 0.209. The molecule has 1 aliphatic heterocycles. The van der Waals surface area contributed by atoms with Gasteiger partial charge < -0.3 is 9.64 Å². The van der Waals surface area contributed by atoms with E-state index in [9.17, 15) is 4.39 Å². The van der Waals surface area contributed by atoms with Gasteiger partial charge in [-0.3, -0.25) is 0 Å². The van der Waals surface area contributed by atoms with Crippen LogP contribution >= 0.6 is 0 Å². The van der Waals surface area contributed by atoms with Crippen LogP contribution in [0.15, 0.2) is 18.2 Å². The number of aryl methyl sites for hydroxylation is 1. The smallest absolute Gasteiger partial charge is 0.127 e. The summed E-state index contributed by atoms with van der Waals surface area (Å²) >= 11 is 0. The van der Waals surface area contributed by atoms with Gasteiger partial charge in [0.15, 0.2) is 0 Å². The lowest BCUT2D eigenvalue weighted by Crippen LogP contribution is -2.30. The van der Waals surface area contributed by atoms with Crippen LogP contribution in [0.1, 0.15) is 25.3 Å². The molecule has 1 unspecified atom stereocenters. The second-order valence-electron chi connectivity index (χ2n) is 4.74. The summed E-state index contributed by atoms with van der Waals surface area (Å²) in [7, 11) is 2.12. The Balaban J connectivity index is 1.96. The predicted molar refractivity (Wildman–Crippen MR) is 66.9 cm³/mol. The number of benzene rings is 1. The summed E-state index contributed by atoms with van der Waals surface area (Å²) in [6.07, 6.45) is 3.23. The van der Waals surface area contributed by atoms with Gasteiger partial charge in [0.1, 0.15) is 18.2 Å². The van der Waals surface area contributed by atoms with Crippen LogP contribution in [0.25, 0.3) is 0 Å². The second-order valence-corrected chi connectivity index (χ2v) is 4.74. The number of rotatable bonds is 4. The molecule has 1 fully saturated rings. The third kappa shape index (κ3) is 3.19. The molecule has 0 N–H and O–H groups in total. The molecule has 0 bridgehead atoms. The Hall–Kier alpha value is -1.09. The van der Waals surface area contributed by atoms with Crippen LogP contribution in [0.4, 0.5) is 4.39 Å². The van der Waals surface area contributed by atoms with Crippen molar-refractivity contribution in [1.82, 2.24) is 4.90 Å². The van der Waals surface area contributed by atoms with E-state index in [1.165, 1.54) is 18.9 Å². The summed E-state index contributed by atoms with van der Waals surface area (Å²) in [5.41, 5.74) is 0.986. The monoisotopic (exact) mass is 237 g/mol. The summed E-state index contributed by atoms with van der Waals surface area (Å²) in [5.74, 6) is 0.446. The van der Waals surface area contributed by atoms with Crippen molar-refractivity contribution < 1.29 is 9.13 Å². The van der Waals surface area contributed by atoms with E-state index in [4.69, 9.17) is 4.74 Å². The molecule has 1 aromatic carbocycles. The molecule has 0 aliphatic carbocycles. The zero-order valence-corrected chi connectivity index (χ0v) is 10.6. The van der Waals surface area contributed by atoms with Crippen LogP contribution < -0.4 is 4.74 Å². The summed E-state index contributed by atoms with van der Waals surface area (Å²) in [5, 5.41) is 0. The topological polar surface area (TPSA) is 12.5 Å². The molecule has 1 atom stereocenters. The van der Waals surface area contributed by atoms with Crippen molar-refractivity contribution in [3.05, 3.63) is 29.6 Å². The standard InChI is InChI=1S/C14H20FNO/c1-3-11-7-12(15)9-14(8-11)17-10-13-5-4-6-16(13)2/h7-9,13H,3-6,10H2,1-2H3. The Morgan fingerprint density at radius 1 is 1.41 bits per heavy atom. The van der Waals surface area contributed by atoms with Crippen molar-refractivity contribution in [2.45, 2.75) is 32.2 Å². The molecule has 0 radical (unpaired) electrons. The predicted octanol–water partition coefficient (Wildman–Crippen LogP) is 2.86. The van der Waals surface area contributed by atoms with Gasteiger partial charge in [-0.05, 0) is 50.6 Å². The summed E-state index contributed by atoms with van der Waals surface area (Å²) in [6.45, 7) is 3.81. The molecule has 17 heavy (non-hydrogen) atoms. The number of likely N-dealkylation sites (N-methyl/N-ethyl adjacent to an activating group) is 1. The van der Waals surface area contributed by atoms with Crippen LogP contribution in [0, 0.1) is 5.82 Å². The highest BCUT2D eigenvalue weighted by Gasteiger charge is 2.21. The van der Waals surface area contributed by atoms with Crippen LogP contribution in [0.2, 0.25) is 0 Å². The first-order chi connectivity index (χ1) is 8.19. The van der Waals surface area contributed by atoms with Crippen LogP contribution in [0.3, 0.4) is 0 Å². The van der Waals surface area contributed by atoms with E-state index in [1.807, 2.05) is 13.0 Å². The van der Waals surface area contributed by atoms with E-state index in [0.29, 0.717) is 18.4 Å². The first kappa shape index (κ1) is 12.4. The van der Waals surface area contributed by atoms with Crippen LogP contribution in [-0.2, 0) is 6.42 Å². The lowest BCUT2D eigenvalue weighted by molar-refractivity contribution is 0.197. The van der Waals surface area contributed by atoms with E-state index in [2.05, 4.69) is 11.9 Å². The largest absolute Gasteiger partial charge is 0.492 e. The Kier molecular flexibility index (Phi) is 4.00. The molecule has 1 aromatic rings. The normalized spacial score (nSPS) is 20.8. The molecule has 94 valence electrons. The highest BCUT2D eigenvalue weighted by atomic mass is 19.1. The second kappa shape index (κ2) is 5.50. The van der Waals surface area contributed by atoms with E-state index in [0.717, 1.165) is 18.5 Å². The molecule has 0 saturated carbocycles. The lowest BCUT2D eigenvalue weighted by atomic mass is 10.1. The Morgan fingerprint density at radius 2 is 2.24 bits per heavy atom. The Bertz CT molecular complexity index is 380. The average molecular weight is 237 g/mol. The van der Waals surface area contributed by atoms with E-state index in [1.54, 1.807) is 6.07 Å². The number of halogens is 1. The third-order valence-electron chi connectivity index (χ3n) is 3.45. The summed E-state index contributed by atoms with van der Waals surface area (Å²) in [6, 6.07) is 5.43. The summed E-state index contributed by atoms with van der Waals surface area (Å²) in [4.78, 5) is 2.31. The Morgan fingerprint density at radius 3 is 2.88 bits per heavy atom. The van der Waals surface area contributed by atoms with Gasteiger partial charge in [0.2, 0.25) is 0 Å². The molecule has 1 heterocycles. The Labute approximate surface area is 102 Å².